The molecule has 1 fully saturated rings. The van der Waals surface area contributed by atoms with Crippen LogP contribution < -0.4 is 4.90 Å². The van der Waals surface area contributed by atoms with E-state index in [0.29, 0.717) is 18.1 Å². The Bertz CT molecular complexity index is 808. The van der Waals surface area contributed by atoms with E-state index in [0.717, 1.165) is 6.54 Å². The molecule has 1 aliphatic carbocycles. The second-order valence-electron chi connectivity index (χ2n) is 8.55. The second kappa shape index (κ2) is 5.45. The van der Waals surface area contributed by atoms with Gasteiger partial charge in [0, 0.05) is 29.5 Å². The molecule has 1 saturated carbocycles. The highest BCUT2D eigenvalue weighted by atomic mass is 16.1. The van der Waals surface area contributed by atoms with E-state index in [9.17, 15) is 4.79 Å². The van der Waals surface area contributed by atoms with Crippen LogP contribution in [0.4, 0.5) is 5.69 Å². The number of carbonyl (C=O) groups excluding carboxylic acids is 1. The number of para-hydroxylation sites is 1. The molecule has 0 radical (unpaired) electrons. The van der Waals surface area contributed by atoms with Crippen LogP contribution in [0.2, 0.25) is 0 Å². The minimum atomic E-state index is -0.335. The first kappa shape index (κ1) is 16.4. The molecule has 1 heterocycles. The van der Waals surface area contributed by atoms with Gasteiger partial charge in [-0.1, -0.05) is 76.2 Å². The van der Waals surface area contributed by atoms with Crippen molar-refractivity contribution in [3.8, 4) is 0 Å². The molecular weight excluding hydrogens is 306 g/mol. The number of hydrogen-bond donors (Lipinski definition) is 0. The van der Waals surface area contributed by atoms with Gasteiger partial charge in [-0.25, -0.2) is 0 Å². The molecule has 2 atom stereocenters. The Hall–Kier alpha value is -2.09. The van der Waals surface area contributed by atoms with Crippen molar-refractivity contribution in [1.29, 1.82) is 0 Å². The van der Waals surface area contributed by atoms with Crippen molar-refractivity contribution in [3.63, 3.8) is 0 Å². The molecule has 2 heteroatoms. The van der Waals surface area contributed by atoms with E-state index in [4.69, 9.17) is 0 Å². The van der Waals surface area contributed by atoms with Crippen LogP contribution in [0.15, 0.2) is 54.6 Å². The molecule has 0 spiro atoms. The van der Waals surface area contributed by atoms with Crippen LogP contribution in [0.1, 0.15) is 45.2 Å². The van der Waals surface area contributed by atoms with Crippen LogP contribution in [-0.2, 0) is 16.8 Å². The van der Waals surface area contributed by atoms with Gasteiger partial charge in [0.1, 0.15) is 5.78 Å². The Balaban J connectivity index is 1.90. The average Bonchev–Trinajstić information content (AvgIpc) is 2.99. The maximum atomic E-state index is 13.0. The van der Waals surface area contributed by atoms with E-state index >= 15 is 0 Å². The summed E-state index contributed by atoms with van der Waals surface area (Å²) in [6.07, 6.45) is 0.657. The maximum Gasteiger partial charge on any atom is 0.141 e. The number of rotatable bonds is 3. The average molecular weight is 333 g/mol. The summed E-state index contributed by atoms with van der Waals surface area (Å²) in [6, 6.07) is 19.6. The van der Waals surface area contributed by atoms with Gasteiger partial charge in [0.25, 0.3) is 0 Å². The summed E-state index contributed by atoms with van der Waals surface area (Å²) >= 11 is 0. The Morgan fingerprint density at radius 2 is 1.68 bits per heavy atom. The van der Waals surface area contributed by atoms with E-state index in [1.807, 2.05) is 0 Å². The fourth-order valence-electron chi connectivity index (χ4n) is 5.34. The quantitative estimate of drug-likeness (QED) is 0.790. The first-order valence-corrected chi connectivity index (χ1v) is 9.32. The van der Waals surface area contributed by atoms with Crippen LogP contribution in [0.3, 0.4) is 0 Å². The number of hydrogen-bond acceptors (Lipinski definition) is 2. The highest BCUT2D eigenvalue weighted by molar-refractivity contribution is 5.93. The van der Waals surface area contributed by atoms with Crippen LogP contribution in [0.5, 0.6) is 0 Å². The molecule has 2 unspecified atom stereocenters. The normalized spacial score (nSPS) is 26.8. The van der Waals surface area contributed by atoms with Gasteiger partial charge >= 0.3 is 0 Å². The van der Waals surface area contributed by atoms with E-state index in [1.54, 1.807) is 0 Å². The third-order valence-corrected chi connectivity index (χ3v) is 6.60. The fourth-order valence-corrected chi connectivity index (χ4v) is 5.34. The lowest BCUT2D eigenvalue weighted by molar-refractivity contribution is -0.124. The molecule has 130 valence electrons. The van der Waals surface area contributed by atoms with Crippen molar-refractivity contribution in [2.45, 2.75) is 52.1 Å². The minimum Gasteiger partial charge on any atom is -0.362 e. The van der Waals surface area contributed by atoms with Gasteiger partial charge in [-0.05, 0) is 23.1 Å². The van der Waals surface area contributed by atoms with E-state index in [-0.39, 0.29) is 16.9 Å². The van der Waals surface area contributed by atoms with Gasteiger partial charge in [0.05, 0.1) is 6.04 Å². The summed E-state index contributed by atoms with van der Waals surface area (Å²) in [4.78, 5) is 15.5. The Morgan fingerprint density at radius 3 is 2.36 bits per heavy atom. The van der Waals surface area contributed by atoms with Crippen LogP contribution in [-0.4, -0.2) is 11.8 Å². The number of benzene rings is 2. The zero-order valence-corrected chi connectivity index (χ0v) is 15.6. The molecule has 2 nitrogen and oxygen atoms in total. The van der Waals surface area contributed by atoms with Gasteiger partial charge in [-0.3, -0.25) is 4.79 Å². The summed E-state index contributed by atoms with van der Waals surface area (Å²) in [5, 5.41) is 0. The molecule has 2 aromatic rings. The lowest BCUT2D eigenvalue weighted by Crippen LogP contribution is -2.50. The Morgan fingerprint density at radius 1 is 1.04 bits per heavy atom. The maximum absolute atomic E-state index is 13.0. The zero-order chi connectivity index (χ0) is 17.8. The second-order valence-corrected chi connectivity index (χ2v) is 8.55. The summed E-state index contributed by atoms with van der Waals surface area (Å²) in [5.74, 6) is 0.823. The molecule has 25 heavy (non-hydrogen) atoms. The standard InChI is InChI=1S/C23H27NO/c1-16(2)23-14-20(25)22(3,4)21(23)24(15-17-10-6-5-7-11-17)19-13-9-8-12-18(19)23/h5-13,16,21H,14-15H2,1-4H3. The van der Waals surface area contributed by atoms with Gasteiger partial charge in [0.2, 0.25) is 0 Å². The van der Waals surface area contributed by atoms with E-state index in [1.165, 1.54) is 16.8 Å². The number of carbonyl (C=O) groups is 1. The van der Waals surface area contributed by atoms with Crippen molar-refractivity contribution < 1.29 is 4.79 Å². The monoisotopic (exact) mass is 333 g/mol. The topological polar surface area (TPSA) is 20.3 Å². The smallest absolute Gasteiger partial charge is 0.141 e. The fraction of sp³-hybridized carbons (Fsp3) is 0.435. The molecule has 2 aliphatic rings. The van der Waals surface area contributed by atoms with Crippen molar-refractivity contribution in [2.24, 2.45) is 11.3 Å². The Labute approximate surface area is 150 Å². The molecule has 4 rings (SSSR count). The predicted molar refractivity (Wildman–Crippen MR) is 103 cm³/mol. The van der Waals surface area contributed by atoms with Crippen LogP contribution in [0.25, 0.3) is 0 Å². The van der Waals surface area contributed by atoms with Crippen molar-refractivity contribution >= 4 is 11.5 Å². The number of anilines is 1. The molecule has 0 saturated heterocycles. The van der Waals surface area contributed by atoms with Crippen LogP contribution >= 0.6 is 0 Å². The highest BCUT2D eigenvalue weighted by Crippen LogP contribution is 2.61. The van der Waals surface area contributed by atoms with E-state index < -0.39 is 0 Å². The first-order valence-electron chi connectivity index (χ1n) is 9.32. The summed E-state index contributed by atoms with van der Waals surface area (Å²) in [5.41, 5.74) is 3.56. The minimum absolute atomic E-state index is 0.0774. The SMILES string of the molecule is CC(C)C12CC(=O)C(C)(C)C1N(Cc1ccccc1)c1ccccc12. The third kappa shape index (κ3) is 2.13. The number of fused-ring (bicyclic) bond motifs is 3. The van der Waals surface area contributed by atoms with Crippen molar-refractivity contribution in [3.05, 3.63) is 65.7 Å². The summed E-state index contributed by atoms with van der Waals surface area (Å²) in [7, 11) is 0. The molecular formula is C23H27NO. The van der Waals surface area contributed by atoms with Gasteiger partial charge in [-0.15, -0.1) is 0 Å². The molecule has 0 bridgehead atoms. The summed E-state index contributed by atoms with van der Waals surface area (Å²) in [6.45, 7) is 9.71. The highest BCUT2D eigenvalue weighted by Gasteiger charge is 2.65. The lowest BCUT2D eigenvalue weighted by atomic mass is 9.67. The summed E-state index contributed by atoms with van der Waals surface area (Å²) < 4.78 is 0. The third-order valence-electron chi connectivity index (χ3n) is 6.60. The van der Waals surface area contributed by atoms with Crippen molar-refractivity contribution in [1.82, 2.24) is 0 Å². The number of ketones is 1. The van der Waals surface area contributed by atoms with Gasteiger partial charge in [-0.2, -0.15) is 0 Å². The van der Waals surface area contributed by atoms with Gasteiger partial charge in [0.15, 0.2) is 0 Å². The number of nitrogens with zero attached hydrogens (tertiary/aromatic N) is 1. The lowest BCUT2D eigenvalue weighted by Gasteiger charge is -2.42. The molecule has 2 aromatic carbocycles. The van der Waals surface area contributed by atoms with Crippen LogP contribution in [0, 0.1) is 11.3 Å². The number of Topliss-reactive ketones (excluding diaryl/α,β-unsaturated/α-hetero) is 1. The molecule has 0 aromatic heterocycles. The predicted octanol–water partition coefficient (Wildman–Crippen LogP) is 4.97. The van der Waals surface area contributed by atoms with E-state index in [2.05, 4.69) is 87.2 Å². The van der Waals surface area contributed by atoms with Crippen molar-refractivity contribution in [2.75, 3.05) is 4.90 Å². The molecule has 0 N–H and O–H groups in total. The zero-order valence-electron chi connectivity index (χ0n) is 15.6. The molecule has 1 aliphatic heterocycles. The van der Waals surface area contributed by atoms with Gasteiger partial charge < -0.3 is 4.90 Å². The largest absolute Gasteiger partial charge is 0.362 e. The molecule has 0 amide bonds. The first-order chi connectivity index (χ1) is 11.9. The Kier molecular flexibility index (Phi) is 3.57.